The number of nitrogens with zero attached hydrogens (tertiary/aromatic N) is 3. The topological polar surface area (TPSA) is 54.5 Å². The van der Waals surface area contributed by atoms with E-state index in [1.165, 1.54) is 0 Å². The van der Waals surface area contributed by atoms with Crippen molar-refractivity contribution in [3.05, 3.63) is 65.6 Å². The normalized spacial score (nSPS) is 11.8. The molecule has 4 nitrogen and oxygen atoms in total. The summed E-state index contributed by atoms with van der Waals surface area (Å²) in [5.41, 5.74) is 1.68. The van der Waals surface area contributed by atoms with Crippen LogP contribution in [0.3, 0.4) is 0 Å². The fourth-order valence-corrected chi connectivity index (χ4v) is 2.96. The van der Waals surface area contributed by atoms with Gasteiger partial charge in [-0.3, -0.25) is 9.97 Å². The zero-order valence-electron chi connectivity index (χ0n) is 13.0. The average molecular weight is 375 g/mol. The summed E-state index contributed by atoms with van der Waals surface area (Å²) in [5.74, 6) is 0.383. The van der Waals surface area contributed by atoms with E-state index < -0.39 is 11.7 Å². The van der Waals surface area contributed by atoms with E-state index in [1.807, 2.05) is 6.07 Å². The van der Waals surface area contributed by atoms with Crippen LogP contribution in [0, 0.1) is 0 Å². The van der Waals surface area contributed by atoms with Crippen LogP contribution in [0.5, 0.6) is 0 Å². The summed E-state index contributed by atoms with van der Waals surface area (Å²) in [6.07, 6.45) is 0.441. The summed E-state index contributed by atoms with van der Waals surface area (Å²) >= 11 is 6.02. The lowest BCUT2D eigenvalue weighted by Gasteiger charge is -2.06. The molecule has 1 aromatic carbocycles. The van der Waals surface area contributed by atoms with Crippen LogP contribution in [-0.2, 0) is 6.18 Å². The van der Waals surface area contributed by atoms with Gasteiger partial charge in [0.05, 0.1) is 21.8 Å². The van der Waals surface area contributed by atoms with Crippen molar-refractivity contribution >= 4 is 22.6 Å². The van der Waals surface area contributed by atoms with E-state index in [1.54, 1.807) is 36.8 Å². The molecule has 3 heterocycles. The first-order chi connectivity index (χ1) is 12.4. The van der Waals surface area contributed by atoms with Crippen LogP contribution in [-0.4, -0.2) is 19.9 Å². The Hall–Kier alpha value is -2.93. The number of alkyl halides is 3. The molecule has 0 aliphatic carbocycles. The zero-order chi connectivity index (χ0) is 18.3. The van der Waals surface area contributed by atoms with E-state index in [2.05, 4.69) is 19.9 Å². The maximum absolute atomic E-state index is 13.0. The SMILES string of the molecule is FC(F)(F)c1cc(Cl)c2nc(-c3cccnc3-c3cccnc3)[nH]c2c1. The van der Waals surface area contributed by atoms with Crippen LogP contribution < -0.4 is 0 Å². The van der Waals surface area contributed by atoms with Gasteiger partial charge in [0.1, 0.15) is 11.3 Å². The first-order valence-electron chi connectivity index (χ1n) is 7.56. The number of H-pyrrole nitrogens is 1. The smallest absolute Gasteiger partial charge is 0.338 e. The maximum Gasteiger partial charge on any atom is 0.416 e. The molecule has 0 spiro atoms. The van der Waals surface area contributed by atoms with Gasteiger partial charge in [-0.05, 0) is 36.4 Å². The van der Waals surface area contributed by atoms with E-state index in [0.717, 1.165) is 17.7 Å². The van der Waals surface area contributed by atoms with E-state index >= 15 is 0 Å². The number of imidazole rings is 1. The molecule has 0 saturated carbocycles. The predicted molar refractivity (Wildman–Crippen MR) is 92.6 cm³/mol. The van der Waals surface area contributed by atoms with Crippen molar-refractivity contribution in [2.75, 3.05) is 0 Å². The molecule has 1 N–H and O–H groups in total. The molecular weight excluding hydrogens is 365 g/mol. The first kappa shape index (κ1) is 16.5. The standard InChI is InChI=1S/C18H10ClF3N4/c19-13-7-11(18(20,21)22)8-14-16(13)26-17(25-14)12-4-2-6-24-15(12)10-3-1-5-23-9-10/h1-9H,(H,25,26). The highest BCUT2D eigenvalue weighted by Crippen LogP contribution is 2.36. The monoisotopic (exact) mass is 374 g/mol. The highest BCUT2D eigenvalue weighted by Gasteiger charge is 2.32. The van der Waals surface area contributed by atoms with Gasteiger partial charge in [-0.2, -0.15) is 13.2 Å². The number of rotatable bonds is 2. The minimum atomic E-state index is -4.49. The Labute approximate surface area is 150 Å². The summed E-state index contributed by atoms with van der Waals surface area (Å²) in [6, 6.07) is 9.00. The van der Waals surface area contributed by atoms with Crippen molar-refractivity contribution in [1.29, 1.82) is 0 Å². The van der Waals surface area contributed by atoms with Crippen molar-refractivity contribution in [1.82, 2.24) is 19.9 Å². The lowest BCUT2D eigenvalue weighted by atomic mass is 10.1. The molecule has 130 valence electrons. The molecule has 0 aliphatic rings. The second kappa shape index (κ2) is 6.10. The van der Waals surface area contributed by atoms with Crippen LogP contribution in [0.1, 0.15) is 5.56 Å². The highest BCUT2D eigenvalue weighted by atomic mass is 35.5. The van der Waals surface area contributed by atoms with Crippen molar-refractivity contribution in [2.45, 2.75) is 6.18 Å². The Kier molecular flexibility index (Phi) is 3.88. The van der Waals surface area contributed by atoms with Gasteiger partial charge in [-0.1, -0.05) is 11.6 Å². The second-order valence-corrected chi connectivity index (χ2v) is 5.99. The minimum Gasteiger partial charge on any atom is -0.338 e. The fourth-order valence-electron chi connectivity index (χ4n) is 2.70. The Balaban J connectivity index is 1.90. The molecule has 0 atom stereocenters. The molecule has 8 heteroatoms. The van der Waals surface area contributed by atoms with Crippen LogP contribution in [0.2, 0.25) is 5.02 Å². The van der Waals surface area contributed by atoms with Crippen molar-refractivity contribution in [2.24, 2.45) is 0 Å². The molecule has 0 fully saturated rings. The van der Waals surface area contributed by atoms with E-state index in [9.17, 15) is 13.2 Å². The number of aromatic nitrogens is 4. The lowest BCUT2D eigenvalue weighted by Crippen LogP contribution is -2.04. The third kappa shape index (κ3) is 2.90. The Morgan fingerprint density at radius 2 is 1.85 bits per heavy atom. The molecule has 4 aromatic rings. The summed E-state index contributed by atoms with van der Waals surface area (Å²) in [5, 5.41) is -0.0656. The summed E-state index contributed by atoms with van der Waals surface area (Å²) in [7, 11) is 0. The minimum absolute atomic E-state index is 0.0656. The third-order valence-electron chi connectivity index (χ3n) is 3.87. The number of hydrogen-bond donors (Lipinski definition) is 1. The molecule has 4 rings (SSSR count). The summed E-state index contributed by atoms with van der Waals surface area (Å²) < 4.78 is 39.0. The number of pyridine rings is 2. The van der Waals surface area contributed by atoms with Gasteiger partial charge >= 0.3 is 6.18 Å². The quantitative estimate of drug-likeness (QED) is 0.514. The second-order valence-electron chi connectivity index (χ2n) is 5.58. The van der Waals surface area contributed by atoms with Gasteiger partial charge in [-0.15, -0.1) is 0 Å². The largest absolute Gasteiger partial charge is 0.416 e. The van der Waals surface area contributed by atoms with E-state index in [0.29, 0.717) is 17.1 Å². The van der Waals surface area contributed by atoms with E-state index in [4.69, 9.17) is 11.6 Å². The van der Waals surface area contributed by atoms with Crippen LogP contribution >= 0.6 is 11.6 Å². The highest BCUT2D eigenvalue weighted by molar-refractivity contribution is 6.35. The summed E-state index contributed by atoms with van der Waals surface area (Å²) in [6.45, 7) is 0. The number of hydrogen-bond acceptors (Lipinski definition) is 3. The van der Waals surface area contributed by atoms with E-state index in [-0.39, 0.29) is 16.1 Å². The average Bonchev–Trinajstić information content (AvgIpc) is 3.06. The Morgan fingerprint density at radius 3 is 2.58 bits per heavy atom. The lowest BCUT2D eigenvalue weighted by molar-refractivity contribution is -0.137. The molecule has 3 aromatic heterocycles. The van der Waals surface area contributed by atoms with Gasteiger partial charge in [-0.25, -0.2) is 4.98 Å². The molecule has 26 heavy (non-hydrogen) atoms. The zero-order valence-corrected chi connectivity index (χ0v) is 13.8. The number of benzene rings is 1. The van der Waals surface area contributed by atoms with Crippen molar-refractivity contribution < 1.29 is 13.2 Å². The Morgan fingerprint density at radius 1 is 1.04 bits per heavy atom. The molecule has 0 radical (unpaired) electrons. The van der Waals surface area contributed by atoms with Gasteiger partial charge < -0.3 is 4.98 Å². The molecule has 0 amide bonds. The summed E-state index contributed by atoms with van der Waals surface area (Å²) in [4.78, 5) is 15.7. The fraction of sp³-hybridized carbons (Fsp3) is 0.0556. The first-order valence-corrected chi connectivity index (χ1v) is 7.93. The van der Waals surface area contributed by atoms with Gasteiger partial charge in [0, 0.05) is 29.7 Å². The van der Waals surface area contributed by atoms with Gasteiger partial charge in [0.2, 0.25) is 0 Å². The van der Waals surface area contributed by atoms with Crippen molar-refractivity contribution in [3.63, 3.8) is 0 Å². The van der Waals surface area contributed by atoms with Crippen molar-refractivity contribution in [3.8, 4) is 22.6 Å². The molecule has 0 bridgehead atoms. The van der Waals surface area contributed by atoms with Gasteiger partial charge in [0.15, 0.2) is 0 Å². The van der Waals surface area contributed by atoms with Crippen LogP contribution in [0.25, 0.3) is 33.7 Å². The Bertz CT molecular complexity index is 1090. The molecule has 0 aliphatic heterocycles. The predicted octanol–water partition coefficient (Wildman–Crippen LogP) is 5.36. The van der Waals surface area contributed by atoms with Crippen LogP contribution in [0.4, 0.5) is 13.2 Å². The van der Waals surface area contributed by atoms with Crippen LogP contribution in [0.15, 0.2) is 55.0 Å². The number of halogens is 4. The molecule has 0 unspecified atom stereocenters. The molecule has 0 saturated heterocycles. The number of fused-ring (bicyclic) bond motifs is 1. The molecular formula is C18H10ClF3N4. The van der Waals surface area contributed by atoms with Gasteiger partial charge in [0.25, 0.3) is 0 Å². The number of aromatic amines is 1. The number of nitrogens with one attached hydrogen (secondary N) is 1. The third-order valence-corrected chi connectivity index (χ3v) is 4.15. The maximum atomic E-state index is 13.0.